The Morgan fingerprint density at radius 3 is 2.40 bits per heavy atom. The molecule has 0 saturated carbocycles. The van der Waals surface area contributed by atoms with E-state index in [2.05, 4.69) is 4.98 Å². The lowest BCUT2D eigenvalue weighted by Crippen LogP contribution is -2.08. The fraction of sp³-hybridized carbons (Fsp3) is 0.188. The molecule has 0 spiro atoms. The third-order valence-electron chi connectivity index (χ3n) is 3.27. The third kappa shape index (κ3) is 2.40. The smallest absolute Gasteiger partial charge is 0.131 e. The fourth-order valence-corrected chi connectivity index (χ4v) is 3.09. The molecule has 0 bridgehead atoms. The first-order valence-corrected chi connectivity index (χ1v) is 7.27. The molecule has 0 aliphatic carbocycles. The average Bonchev–Trinajstić information content (AvgIpc) is 2.90. The molecule has 0 fully saturated rings. The number of fused-ring (bicyclic) bond motifs is 1. The van der Waals surface area contributed by atoms with E-state index in [4.69, 9.17) is 0 Å². The van der Waals surface area contributed by atoms with Crippen LogP contribution in [0.2, 0.25) is 0 Å². The van der Waals surface area contributed by atoms with Crippen molar-refractivity contribution in [3.05, 3.63) is 59.1 Å². The van der Waals surface area contributed by atoms with E-state index in [9.17, 15) is 5.11 Å². The topological polar surface area (TPSA) is 36.4 Å². The van der Waals surface area contributed by atoms with E-state index in [1.807, 2.05) is 67.5 Å². The van der Waals surface area contributed by atoms with Crippen molar-refractivity contribution < 1.29 is 5.11 Å². The van der Waals surface area contributed by atoms with Crippen LogP contribution in [-0.2, 0) is 0 Å². The Kier molecular flexibility index (Phi) is 3.42. The molecule has 3 rings (SSSR count). The Morgan fingerprint density at radius 1 is 1.05 bits per heavy atom. The SMILES string of the molecule is CN(C)c1ccc([C@H](O)c2nc3ccccc3s2)cc1. The number of aromatic nitrogens is 1. The van der Waals surface area contributed by atoms with Gasteiger partial charge in [-0.2, -0.15) is 0 Å². The number of hydrogen-bond acceptors (Lipinski definition) is 4. The van der Waals surface area contributed by atoms with Crippen molar-refractivity contribution in [1.29, 1.82) is 0 Å². The summed E-state index contributed by atoms with van der Waals surface area (Å²) in [7, 11) is 4.00. The minimum absolute atomic E-state index is 0.663. The Hall–Kier alpha value is -1.91. The Labute approximate surface area is 122 Å². The second kappa shape index (κ2) is 5.23. The summed E-state index contributed by atoms with van der Waals surface area (Å²) in [6, 6.07) is 15.9. The van der Waals surface area contributed by atoms with Crippen LogP contribution in [0.5, 0.6) is 0 Å². The van der Waals surface area contributed by atoms with Crippen LogP contribution >= 0.6 is 11.3 Å². The van der Waals surface area contributed by atoms with Gasteiger partial charge in [0.05, 0.1) is 10.2 Å². The number of para-hydroxylation sites is 1. The molecule has 0 unspecified atom stereocenters. The van der Waals surface area contributed by atoms with Gasteiger partial charge in [0.25, 0.3) is 0 Å². The van der Waals surface area contributed by atoms with E-state index in [1.54, 1.807) is 0 Å². The molecular formula is C16H16N2OS. The first-order chi connectivity index (χ1) is 9.65. The van der Waals surface area contributed by atoms with Gasteiger partial charge in [-0.1, -0.05) is 24.3 Å². The monoisotopic (exact) mass is 284 g/mol. The number of thiazole rings is 1. The number of aliphatic hydroxyl groups is 1. The number of aliphatic hydroxyl groups excluding tert-OH is 1. The van der Waals surface area contributed by atoms with Gasteiger partial charge in [-0.15, -0.1) is 11.3 Å². The summed E-state index contributed by atoms with van der Waals surface area (Å²) in [5.41, 5.74) is 2.93. The molecule has 0 saturated heterocycles. The predicted molar refractivity (Wildman–Crippen MR) is 84.5 cm³/mol. The molecule has 102 valence electrons. The second-order valence-corrected chi connectivity index (χ2v) is 5.97. The van der Waals surface area contributed by atoms with E-state index >= 15 is 0 Å². The maximum absolute atomic E-state index is 10.5. The lowest BCUT2D eigenvalue weighted by atomic mass is 10.1. The minimum Gasteiger partial charge on any atom is -0.381 e. The lowest BCUT2D eigenvalue weighted by Gasteiger charge is -2.14. The van der Waals surface area contributed by atoms with Crippen LogP contribution < -0.4 is 4.90 Å². The summed E-state index contributed by atoms with van der Waals surface area (Å²) in [5, 5.41) is 11.2. The zero-order valence-electron chi connectivity index (χ0n) is 11.4. The molecule has 1 aromatic heterocycles. The summed E-state index contributed by atoms with van der Waals surface area (Å²) in [6.07, 6.45) is -0.663. The van der Waals surface area contributed by atoms with Crippen LogP contribution in [0.25, 0.3) is 10.2 Å². The van der Waals surface area contributed by atoms with Gasteiger partial charge in [0.15, 0.2) is 0 Å². The molecule has 2 aromatic carbocycles. The molecule has 1 N–H and O–H groups in total. The highest BCUT2D eigenvalue weighted by Gasteiger charge is 2.15. The highest BCUT2D eigenvalue weighted by atomic mass is 32.1. The Bertz CT molecular complexity index is 686. The van der Waals surface area contributed by atoms with Crippen molar-refractivity contribution in [3.8, 4) is 0 Å². The third-order valence-corrected chi connectivity index (χ3v) is 4.36. The van der Waals surface area contributed by atoms with E-state index in [0.29, 0.717) is 0 Å². The van der Waals surface area contributed by atoms with Crippen molar-refractivity contribution in [2.45, 2.75) is 6.10 Å². The van der Waals surface area contributed by atoms with Gasteiger partial charge in [0.2, 0.25) is 0 Å². The Morgan fingerprint density at radius 2 is 1.75 bits per heavy atom. The molecule has 0 aliphatic heterocycles. The molecule has 3 aromatic rings. The molecule has 4 heteroatoms. The lowest BCUT2D eigenvalue weighted by molar-refractivity contribution is 0.220. The summed E-state index contributed by atoms with van der Waals surface area (Å²) in [4.78, 5) is 6.54. The van der Waals surface area contributed by atoms with Gasteiger partial charge in [-0.3, -0.25) is 0 Å². The van der Waals surface area contributed by atoms with Gasteiger partial charge in [0, 0.05) is 19.8 Å². The molecule has 0 aliphatic rings. The highest BCUT2D eigenvalue weighted by Crippen LogP contribution is 2.30. The normalized spacial score (nSPS) is 12.6. The molecular weight excluding hydrogens is 268 g/mol. The van der Waals surface area contributed by atoms with Crippen molar-refractivity contribution in [1.82, 2.24) is 4.98 Å². The number of nitrogens with zero attached hydrogens (tertiary/aromatic N) is 2. The van der Waals surface area contributed by atoms with Crippen LogP contribution in [0, 0.1) is 0 Å². The minimum atomic E-state index is -0.663. The van der Waals surface area contributed by atoms with Crippen LogP contribution in [0.4, 0.5) is 5.69 Å². The molecule has 3 nitrogen and oxygen atoms in total. The van der Waals surface area contributed by atoms with Crippen LogP contribution in [0.3, 0.4) is 0 Å². The average molecular weight is 284 g/mol. The van der Waals surface area contributed by atoms with Gasteiger partial charge in [-0.05, 0) is 29.8 Å². The quantitative estimate of drug-likeness (QED) is 0.800. The summed E-state index contributed by atoms with van der Waals surface area (Å²) in [6.45, 7) is 0. The standard InChI is InChI=1S/C16H16N2OS/c1-18(2)12-9-7-11(8-10-12)15(19)16-17-13-5-3-4-6-14(13)20-16/h3-10,15,19H,1-2H3/t15-/m0/s1. The second-order valence-electron chi connectivity index (χ2n) is 4.91. The number of hydrogen-bond donors (Lipinski definition) is 1. The van der Waals surface area contributed by atoms with Gasteiger partial charge in [-0.25, -0.2) is 4.98 Å². The van der Waals surface area contributed by atoms with Crippen molar-refractivity contribution in [2.24, 2.45) is 0 Å². The number of rotatable bonds is 3. The zero-order valence-corrected chi connectivity index (χ0v) is 12.3. The fourth-order valence-electron chi connectivity index (χ4n) is 2.10. The highest BCUT2D eigenvalue weighted by molar-refractivity contribution is 7.18. The molecule has 0 radical (unpaired) electrons. The van der Waals surface area contributed by atoms with E-state index in [1.165, 1.54) is 11.3 Å². The predicted octanol–water partition coefficient (Wildman–Crippen LogP) is 3.44. The van der Waals surface area contributed by atoms with Gasteiger partial charge < -0.3 is 10.0 Å². The number of anilines is 1. The first-order valence-electron chi connectivity index (χ1n) is 6.46. The maximum Gasteiger partial charge on any atom is 0.131 e. The van der Waals surface area contributed by atoms with E-state index < -0.39 is 6.10 Å². The van der Waals surface area contributed by atoms with Crippen LogP contribution in [0.1, 0.15) is 16.7 Å². The van der Waals surface area contributed by atoms with E-state index in [0.717, 1.165) is 26.5 Å². The van der Waals surface area contributed by atoms with Crippen LogP contribution in [-0.4, -0.2) is 24.2 Å². The Balaban J connectivity index is 1.93. The summed E-state index contributed by atoms with van der Waals surface area (Å²) < 4.78 is 1.10. The summed E-state index contributed by atoms with van der Waals surface area (Å²) in [5.74, 6) is 0. The van der Waals surface area contributed by atoms with Crippen LogP contribution in [0.15, 0.2) is 48.5 Å². The largest absolute Gasteiger partial charge is 0.381 e. The van der Waals surface area contributed by atoms with Crippen molar-refractivity contribution in [3.63, 3.8) is 0 Å². The maximum atomic E-state index is 10.5. The molecule has 1 heterocycles. The van der Waals surface area contributed by atoms with Gasteiger partial charge in [0.1, 0.15) is 11.1 Å². The number of benzene rings is 2. The molecule has 0 amide bonds. The van der Waals surface area contributed by atoms with E-state index in [-0.39, 0.29) is 0 Å². The van der Waals surface area contributed by atoms with Gasteiger partial charge >= 0.3 is 0 Å². The molecule has 1 atom stereocenters. The van der Waals surface area contributed by atoms with Crippen molar-refractivity contribution in [2.75, 3.05) is 19.0 Å². The summed E-state index contributed by atoms with van der Waals surface area (Å²) >= 11 is 1.54. The molecule has 20 heavy (non-hydrogen) atoms. The van der Waals surface area contributed by atoms with Crippen molar-refractivity contribution >= 4 is 27.2 Å². The zero-order chi connectivity index (χ0) is 14.1. The first kappa shape index (κ1) is 13.1.